The van der Waals surface area contributed by atoms with E-state index in [1.54, 1.807) is 12.1 Å². The van der Waals surface area contributed by atoms with E-state index in [1.807, 2.05) is 5.32 Å². The van der Waals surface area contributed by atoms with E-state index in [1.165, 1.54) is 19.1 Å². The molecule has 0 atom stereocenters. The van der Waals surface area contributed by atoms with Crippen molar-refractivity contribution in [1.29, 1.82) is 5.41 Å². The number of amidine groups is 1. The maximum atomic E-state index is 12.9. The molecule has 1 aromatic carbocycles. The van der Waals surface area contributed by atoms with Crippen molar-refractivity contribution in [3.63, 3.8) is 0 Å². The molecule has 0 saturated carbocycles. The summed E-state index contributed by atoms with van der Waals surface area (Å²) in [6.45, 7) is 1.19. The molecule has 7 heteroatoms. The topological polar surface area (TPSA) is 105 Å². The molecule has 0 saturated heterocycles. The third-order valence-corrected chi connectivity index (χ3v) is 2.01. The van der Waals surface area contributed by atoms with Crippen molar-refractivity contribution in [2.24, 2.45) is 5.73 Å². The van der Waals surface area contributed by atoms with Gasteiger partial charge < -0.3 is 15.8 Å². The summed E-state index contributed by atoms with van der Waals surface area (Å²) < 4.78 is 17.8. The number of carbonyl (C=O) groups excluding carboxylic acids is 2. The number of halogens is 1. The number of esters is 1. The minimum Gasteiger partial charge on any atom is -0.426 e. The van der Waals surface area contributed by atoms with Gasteiger partial charge in [0.05, 0.1) is 5.56 Å². The van der Waals surface area contributed by atoms with Crippen LogP contribution < -0.4 is 15.8 Å². The molecular weight excluding hydrogens is 253 g/mol. The monoisotopic (exact) mass is 265 g/mol. The SMILES string of the molecule is CC(=O)Oc1ccccc1C(=O)NC(=N)C(F)=CN. The van der Waals surface area contributed by atoms with E-state index in [2.05, 4.69) is 0 Å². The third-order valence-electron chi connectivity index (χ3n) is 2.01. The summed E-state index contributed by atoms with van der Waals surface area (Å²) in [4.78, 5) is 22.7. The number of rotatable bonds is 3. The van der Waals surface area contributed by atoms with E-state index < -0.39 is 23.5 Å². The zero-order valence-electron chi connectivity index (χ0n) is 10.1. The van der Waals surface area contributed by atoms with Gasteiger partial charge in [-0.15, -0.1) is 0 Å². The number of amides is 1. The molecule has 0 heterocycles. The van der Waals surface area contributed by atoms with Crippen LogP contribution in [0.4, 0.5) is 4.39 Å². The number of hydrogen-bond acceptors (Lipinski definition) is 5. The number of ether oxygens (including phenoxy) is 1. The van der Waals surface area contributed by atoms with E-state index in [9.17, 15) is 14.0 Å². The summed E-state index contributed by atoms with van der Waals surface area (Å²) >= 11 is 0. The van der Waals surface area contributed by atoms with Crippen molar-refractivity contribution >= 4 is 17.7 Å². The van der Waals surface area contributed by atoms with E-state index in [0.717, 1.165) is 0 Å². The van der Waals surface area contributed by atoms with Crippen molar-refractivity contribution in [2.75, 3.05) is 0 Å². The molecule has 1 rings (SSSR count). The molecule has 0 aromatic heterocycles. The van der Waals surface area contributed by atoms with Crippen LogP contribution in [0.5, 0.6) is 5.75 Å². The van der Waals surface area contributed by atoms with Crippen molar-refractivity contribution in [3.05, 3.63) is 41.9 Å². The van der Waals surface area contributed by atoms with Crippen LogP contribution in [0.3, 0.4) is 0 Å². The molecule has 0 spiro atoms. The van der Waals surface area contributed by atoms with Crippen LogP contribution in [0.25, 0.3) is 0 Å². The first-order valence-electron chi connectivity index (χ1n) is 5.20. The van der Waals surface area contributed by atoms with Gasteiger partial charge in [0.25, 0.3) is 5.91 Å². The Kier molecular flexibility index (Phi) is 4.76. The van der Waals surface area contributed by atoms with Crippen LogP contribution >= 0.6 is 0 Å². The molecule has 1 amide bonds. The van der Waals surface area contributed by atoms with Gasteiger partial charge in [0, 0.05) is 13.1 Å². The second kappa shape index (κ2) is 6.29. The van der Waals surface area contributed by atoms with Gasteiger partial charge in [0.15, 0.2) is 11.7 Å². The zero-order valence-corrected chi connectivity index (χ0v) is 10.1. The minimum absolute atomic E-state index is 0.00673. The number of nitrogens with one attached hydrogen (secondary N) is 2. The van der Waals surface area contributed by atoms with E-state index in [4.69, 9.17) is 15.9 Å². The Hall–Kier alpha value is -2.70. The van der Waals surface area contributed by atoms with Gasteiger partial charge in [-0.05, 0) is 12.1 Å². The first-order chi connectivity index (χ1) is 8.95. The van der Waals surface area contributed by atoms with Crippen LogP contribution in [-0.4, -0.2) is 17.7 Å². The average molecular weight is 265 g/mol. The normalized spacial score (nSPS) is 10.7. The van der Waals surface area contributed by atoms with E-state index in [0.29, 0.717) is 6.20 Å². The lowest BCUT2D eigenvalue weighted by Crippen LogP contribution is -2.31. The lowest BCUT2D eigenvalue weighted by molar-refractivity contribution is -0.131. The van der Waals surface area contributed by atoms with Gasteiger partial charge in [-0.1, -0.05) is 12.1 Å². The predicted octanol–water partition coefficient (Wildman–Crippen LogP) is 1.09. The van der Waals surface area contributed by atoms with Crippen LogP contribution in [0, 0.1) is 5.41 Å². The van der Waals surface area contributed by atoms with Gasteiger partial charge in [-0.25, -0.2) is 4.39 Å². The van der Waals surface area contributed by atoms with Crippen molar-refractivity contribution in [3.8, 4) is 5.75 Å². The van der Waals surface area contributed by atoms with Gasteiger partial charge in [0.1, 0.15) is 5.75 Å². The van der Waals surface area contributed by atoms with Crippen molar-refractivity contribution < 1.29 is 18.7 Å². The summed E-state index contributed by atoms with van der Waals surface area (Å²) in [5.74, 6) is -3.19. The predicted molar refractivity (Wildman–Crippen MR) is 66.3 cm³/mol. The Morgan fingerprint density at radius 2 is 2.05 bits per heavy atom. The highest BCUT2D eigenvalue weighted by Crippen LogP contribution is 2.18. The number of hydrogen-bond donors (Lipinski definition) is 3. The lowest BCUT2D eigenvalue weighted by Gasteiger charge is -2.09. The standard InChI is InChI=1S/C12H12FN3O3/c1-7(17)19-10-5-3-2-4-8(10)12(18)16-11(15)9(13)6-14/h2-6H,14H2,1H3,(H2,15,16,18). The first kappa shape index (κ1) is 14.4. The molecule has 100 valence electrons. The largest absolute Gasteiger partial charge is 0.426 e. The molecule has 0 aliphatic rings. The maximum absolute atomic E-state index is 12.9. The molecule has 1 aromatic rings. The number of nitrogens with two attached hydrogens (primary N) is 1. The Labute approximate surface area is 108 Å². The molecule has 0 aliphatic heterocycles. The highest BCUT2D eigenvalue weighted by atomic mass is 19.1. The van der Waals surface area contributed by atoms with Crippen molar-refractivity contribution in [1.82, 2.24) is 5.32 Å². The molecule has 0 aliphatic carbocycles. The number of carbonyl (C=O) groups is 2. The summed E-state index contributed by atoms with van der Waals surface area (Å²) in [7, 11) is 0. The number of para-hydroxylation sites is 1. The molecule has 0 unspecified atom stereocenters. The molecule has 0 radical (unpaired) electrons. The molecule has 4 N–H and O–H groups in total. The smallest absolute Gasteiger partial charge is 0.308 e. The summed E-state index contributed by atoms with van der Waals surface area (Å²) in [5, 5.41) is 9.21. The third kappa shape index (κ3) is 3.91. The highest BCUT2D eigenvalue weighted by molar-refractivity contribution is 6.11. The fourth-order valence-electron chi connectivity index (χ4n) is 1.22. The Balaban J connectivity index is 2.94. The van der Waals surface area contributed by atoms with Gasteiger partial charge in [-0.3, -0.25) is 15.0 Å². The van der Waals surface area contributed by atoms with Crippen molar-refractivity contribution in [2.45, 2.75) is 6.92 Å². The van der Waals surface area contributed by atoms with E-state index >= 15 is 0 Å². The molecular formula is C12H12FN3O3. The molecule has 19 heavy (non-hydrogen) atoms. The first-order valence-corrected chi connectivity index (χ1v) is 5.20. The zero-order chi connectivity index (χ0) is 14.4. The molecule has 6 nitrogen and oxygen atoms in total. The summed E-state index contributed by atoms with van der Waals surface area (Å²) in [6.07, 6.45) is 0.556. The Morgan fingerprint density at radius 3 is 2.63 bits per heavy atom. The van der Waals surface area contributed by atoms with Gasteiger partial charge >= 0.3 is 5.97 Å². The Morgan fingerprint density at radius 1 is 1.42 bits per heavy atom. The van der Waals surface area contributed by atoms with Crippen LogP contribution in [0.15, 0.2) is 36.3 Å². The molecule has 0 fully saturated rings. The van der Waals surface area contributed by atoms with Crippen LogP contribution in [-0.2, 0) is 4.79 Å². The quantitative estimate of drug-likeness (QED) is 0.329. The fourth-order valence-corrected chi connectivity index (χ4v) is 1.22. The Bertz CT molecular complexity index is 555. The van der Waals surface area contributed by atoms with E-state index in [-0.39, 0.29) is 11.3 Å². The summed E-state index contributed by atoms with van der Waals surface area (Å²) in [6, 6.07) is 5.90. The van der Waals surface area contributed by atoms with Gasteiger partial charge in [-0.2, -0.15) is 0 Å². The lowest BCUT2D eigenvalue weighted by atomic mass is 10.2. The maximum Gasteiger partial charge on any atom is 0.308 e. The van der Waals surface area contributed by atoms with Gasteiger partial charge in [0.2, 0.25) is 0 Å². The highest BCUT2D eigenvalue weighted by Gasteiger charge is 2.16. The van der Waals surface area contributed by atoms with Crippen LogP contribution in [0.1, 0.15) is 17.3 Å². The number of benzene rings is 1. The average Bonchev–Trinajstić information content (AvgIpc) is 2.37. The summed E-state index contributed by atoms with van der Waals surface area (Å²) in [5.41, 5.74) is 4.89. The second-order valence-electron chi connectivity index (χ2n) is 3.43. The minimum atomic E-state index is -1.07. The van der Waals surface area contributed by atoms with Crippen LogP contribution in [0.2, 0.25) is 0 Å². The fraction of sp³-hybridized carbons (Fsp3) is 0.0833. The molecule has 0 bridgehead atoms. The second-order valence-corrected chi connectivity index (χ2v) is 3.43.